The number of ether oxygens (including phenoxy) is 1. The van der Waals surface area contributed by atoms with Crippen LogP contribution < -0.4 is 14.9 Å². The third-order valence-electron chi connectivity index (χ3n) is 5.36. The van der Waals surface area contributed by atoms with Gasteiger partial charge in [-0.1, -0.05) is 12.1 Å². The molecule has 1 aliphatic heterocycles. The molecular formula is C23H31N3O4S. The van der Waals surface area contributed by atoms with E-state index in [1.165, 1.54) is 18.2 Å². The Hall–Kier alpha value is -2.42. The maximum Gasteiger partial charge on any atom is 0.240 e. The summed E-state index contributed by atoms with van der Waals surface area (Å²) in [5.41, 5.74) is 4.47. The van der Waals surface area contributed by atoms with E-state index in [-0.39, 0.29) is 10.8 Å². The Kier molecular flexibility index (Phi) is 7.69. The van der Waals surface area contributed by atoms with Crippen molar-refractivity contribution in [3.05, 3.63) is 53.1 Å². The molecule has 1 fully saturated rings. The largest absolute Gasteiger partial charge is 0.378 e. The van der Waals surface area contributed by atoms with Crippen LogP contribution in [0.4, 0.5) is 11.4 Å². The lowest BCUT2D eigenvalue weighted by atomic mass is 10.1. The summed E-state index contributed by atoms with van der Waals surface area (Å²) in [6.07, 6.45) is 1.50. The van der Waals surface area contributed by atoms with Crippen LogP contribution in [0.15, 0.2) is 41.3 Å². The molecule has 0 aromatic heterocycles. The third-order valence-corrected chi connectivity index (χ3v) is 6.80. The van der Waals surface area contributed by atoms with Gasteiger partial charge in [0.15, 0.2) is 0 Å². The molecule has 1 heterocycles. The molecule has 0 bridgehead atoms. The molecule has 2 aromatic rings. The second-order valence-electron chi connectivity index (χ2n) is 7.88. The van der Waals surface area contributed by atoms with Crippen LogP contribution in [0.1, 0.15) is 30.0 Å². The topological polar surface area (TPSA) is 87.7 Å². The summed E-state index contributed by atoms with van der Waals surface area (Å²) >= 11 is 0. The van der Waals surface area contributed by atoms with Crippen molar-refractivity contribution < 1.29 is 17.9 Å². The van der Waals surface area contributed by atoms with Crippen molar-refractivity contribution in [3.63, 3.8) is 0 Å². The Balaban J connectivity index is 1.53. The summed E-state index contributed by atoms with van der Waals surface area (Å²) in [6, 6.07) is 11.6. The van der Waals surface area contributed by atoms with E-state index in [0.717, 1.165) is 43.9 Å². The first-order valence-corrected chi connectivity index (χ1v) is 12.0. The molecule has 0 unspecified atom stereocenters. The lowest BCUT2D eigenvalue weighted by Crippen LogP contribution is -2.36. The molecule has 31 heavy (non-hydrogen) atoms. The van der Waals surface area contributed by atoms with Crippen molar-refractivity contribution >= 4 is 27.3 Å². The molecule has 0 atom stereocenters. The monoisotopic (exact) mass is 445 g/mol. The Morgan fingerprint density at radius 1 is 1.06 bits per heavy atom. The quantitative estimate of drug-likeness (QED) is 0.610. The molecule has 2 aromatic carbocycles. The van der Waals surface area contributed by atoms with Crippen molar-refractivity contribution in [1.29, 1.82) is 0 Å². The number of carbonyl (C=O) groups is 1. The van der Waals surface area contributed by atoms with Crippen LogP contribution >= 0.6 is 0 Å². The van der Waals surface area contributed by atoms with E-state index in [2.05, 4.69) is 39.2 Å². The van der Waals surface area contributed by atoms with E-state index in [4.69, 9.17) is 4.74 Å². The van der Waals surface area contributed by atoms with Crippen molar-refractivity contribution in [3.8, 4) is 0 Å². The van der Waals surface area contributed by atoms with Crippen molar-refractivity contribution in [2.45, 2.75) is 38.5 Å². The highest BCUT2D eigenvalue weighted by atomic mass is 32.2. The fourth-order valence-electron chi connectivity index (χ4n) is 3.73. The summed E-state index contributed by atoms with van der Waals surface area (Å²) in [4.78, 5) is 13.9. The summed E-state index contributed by atoms with van der Waals surface area (Å²) < 4.78 is 33.4. The minimum atomic E-state index is -3.61. The molecule has 168 valence electrons. The van der Waals surface area contributed by atoms with Crippen LogP contribution in [0.2, 0.25) is 0 Å². The van der Waals surface area contributed by atoms with E-state index < -0.39 is 10.0 Å². The van der Waals surface area contributed by atoms with Gasteiger partial charge in [-0.25, -0.2) is 13.1 Å². The van der Waals surface area contributed by atoms with Gasteiger partial charge in [0.2, 0.25) is 15.9 Å². The van der Waals surface area contributed by atoms with Gasteiger partial charge in [0.25, 0.3) is 0 Å². The van der Waals surface area contributed by atoms with Gasteiger partial charge in [-0.3, -0.25) is 4.79 Å². The zero-order valence-corrected chi connectivity index (χ0v) is 19.2. The highest BCUT2D eigenvalue weighted by Crippen LogP contribution is 2.24. The van der Waals surface area contributed by atoms with Gasteiger partial charge in [-0.05, 0) is 67.6 Å². The molecule has 3 rings (SSSR count). The van der Waals surface area contributed by atoms with Crippen molar-refractivity contribution in [2.24, 2.45) is 0 Å². The van der Waals surface area contributed by atoms with Gasteiger partial charge in [0, 0.05) is 37.9 Å². The normalized spacial score (nSPS) is 14.5. The van der Waals surface area contributed by atoms with Crippen molar-refractivity contribution in [2.75, 3.05) is 43.1 Å². The number of hydrogen-bond acceptors (Lipinski definition) is 5. The predicted molar refractivity (Wildman–Crippen MR) is 123 cm³/mol. The SMILES string of the molecule is CC(=O)Nc1c(C)cc(S(=O)(=O)NCCCc2ccc(N3CCOCC3)cc2)cc1C. The predicted octanol–water partition coefficient (Wildman–Crippen LogP) is 3.01. The van der Waals surface area contributed by atoms with Crippen LogP contribution in [0.25, 0.3) is 0 Å². The van der Waals surface area contributed by atoms with Gasteiger partial charge in [-0.15, -0.1) is 0 Å². The molecule has 7 nitrogen and oxygen atoms in total. The lowest BCUT2D eigenvalue weighted by Gasteiger charge is -2.28. The van der Waals surface area contributed by atoms with Gasteiger partial charge in [-0.2, -0.15) is 0 Å². The number of hydrogen-bond donors (Lipinski definition) is 2. The van der Waals surface area contributed by atoms with Crippen molar-refractivity contribution in [1.82, 2.24) is 4.72 Å². The highest BCUT2D eigenvalue weighted by Gasteiger charge is 2.17. The molecule has 0 spiro atoms. The van der Waals surface area contributed by atoms with E-state index in [1.54, 1.807) is 26.0 Å². The van der Waals surface area contributed by atoms with Gasteiger partial charge in [0.1, 0.15) is 0 Å². The van der Waals surface area contributed by atoms with Crippen LogP contribution in [-0.4, -0.2) is 47.2 Å². The number of morpholine rings is 1. The third kappa shape index (κ3) is 6.29. The maximum absolute atomic E-state index is 12.7. The van der Waals surface area contributed by atoms with E-state index >= 15 is 0 Å². The number of amides is 1. The summed E-state index contributed by atoms with van der Waals surface area (Å²) in [7, 11) is -3.61. The zero-order chi connectivity index (χ0) is 22.4. The average molecular weight is 446 g/mol. The number of rotatable bonds is 8. The molecule has 0 saturated carbocycles. The number of carbonyl (C=O) groups excluding carboxylic acids is 1. The Bertz CT molecular complexity index is 991. The second-order valence-corrected chi connectivity index (χ2v) is 9.65. The van der Waals surface area contributed by atoms with Crippen LogP contribution in [0.3, 0.4) is 0 Å². The number of aryl methyl sites for hydroxylation is 3. The molecule has 0 radical (unpaired) electrons. The summed E-state index contributed by atoms with van der Waals surface area (Å²) in [6.45, 7) is 8.71. The van der Waals surface area contributed by atoms with Gasteiger partial charge >= 0.3 is 0 Å². The number of nitrogens with zero attached hydrogens (tertiary/aromatic N) is 1. The van der Waals surface area contributed by atoms with E-state index in [0.29, 0.717) is 18.7 Å². The van der Waals surface area contributed by atoms with E-state index in [1.807, 2.05) is 0 Å². The number of anilines is 2. The average Bonchev–Trinajstić information content (AvgIpc) is 2.74. The molecule has 1 aliphatic rings. The number of sulfonamides is 1. The van der Waals surface area contributed by atoms with Crippen LogP contribution in [0.5, 0.6) is 0 Å². The summed E-state index contributed by atoms with van der Waals surface area (Å²) in [5, 5.41) is 2.75. The second kappa shape index (κ2) is 10.3. The fourth-order valence-corrected chi connectivity index (χ4v) is 4.97. The summed E-state index contributed by atoms with van der Waals surface area (Å²) in [5.74, 6) is -0.182. The van der Waals surface area contributed by atoms with Crippen LogP contribution in [0, 0.1) is 13.8 Å². The minimum absolute atomic E-state index is 0.182. The van der Waals surface area contributed by atoms with E-state index in [9.17, 15) is 13.2 Å². The van der Waals surface area contributed by atoms with Gasteiger partial charge < -0.3 is 15.0 Å². The molecular weight excluding hydrogens is 414 g/mol. The molecule has 2 N–H and O–H groups in total. The molecule has 1 saturated heterocycles. The smallest absolute Gasteiger partial charge is 0.240 e. The molecule has 0 aliphatic carbocycles. The Morgan fingerprint density at radius 2 is 1.68 bits per heavy atom. The Morgan fingerprint density at radius 3 is 2.26 bits per heavy atom. The van der Waals surface area contributed by atoms with Crippen LogP contribution in [-0.2, 0) is 26.0 Å². The maximum atomic E-state index is 12.7. The standard InChI is InChI=1S/C23H31N3O4S/c1-17-15-22(16-18(2)23(17)25-19(3)27)31(28,29)24-10-4-5-20-6-8-21(9-7-20)26-11-13-30-14-12-26/h6-9,15-16,24H,4-5,10-14H2,1-3H3,(H,25,27). The molecule has 8 heteroatoms. The Labute approximate surface area is 184 Å². The fraction of sp³-hybridized carbons (Fsp3) is 0.435. The number of benzene rings is 2. The minimum Gasteiger partial charge on any atom is -0.378 e. The molecule has 1 amide bonds. The first-order chi connectivity index (χ1) is 14.8. The first-order valence-electron chi connectivity index (χ1n) is 10.6. The van der Waals surface area contributed by atoms with Gasteiger partial charge in [0.05, 0.1) is 18.1 Å². The first kappa shape index (κ1) is 23.2. The zero-order valence-electron chi connectivity index (χ0n) is 18.4. The number of nitrogens with one attached hydrogen (secondary N) is 2. The highest BCUT2D eigenvalue weighted by molar-refractivity contribution is 7.89. The lowest BCUT2D eigenvalue weighted by molar-refractivity contribution is -0.114.